The van der Waals surface area contributed by atoms with Gasteiger partial charge >= 0.3 is 0 Å². The van der Waals surface area contributed by atoms with Gasteiger partial charge in [-0.1, -0.05) is 0 Å². The highest BCUT2D eigenvalue weighted by Gasteiger charge is 2.25. The van der Waals surface area contributed by atoms with Gasteiger partial charge in [-0.3, -0.25) is 0 Å². The second kappa shape index (κ2) is 1.68. The van der Waals surface area contributed by atoms with Crippen molar-refractivity contribution in [1.82, 2.24) is 4.72 Å². The van der Waals surface area contributed by atoms with Crippen LogP contribution in [-0.4, -0.2) is 25.4 Å². The minimum atomic E-state index is -3.15. The summed E-state index contributed by atoms with van der Waals surface area (Å²) in [6, 6.07) is 0. The summed E-state index contributed by atoms with van der Waals surface area (Å²) in [4.78, 5) is 0. The molecule has 0 aromatic carbocycles. The molecule has 1 radical (unpaired) electrons. The van der Waals surface area contributed by atoms with E-state index in [1.165, 1.54) is 0 Å². The molecule has 1 fully saturated rings. The van der Waals surface area contributed by atoms with Crippen LogP contribution in [0.4, 0.5) is 0 Å². The minimum Gasteiger partial charge on any atom is -0.390 e. The molecule has 8 heavy (non-hydrogen) atoms. The van der Waals surface area contributed by atoms with Crippen LogP contribution in [0.2, 0.25) is 0 Å². The van der Waals surface area contributed by atoms with Crippen molar-refractivity contribution < 1.29 is 13.5 Å². The Labute approximate surface area is 47.6 Å². The van der Waals surface area contributed by atoms with Gasteiger partial charge in [0.1, 0.15) is 0 Å². The van der Waals surface area contributed by atoms with E-state index in [1.807, 2.05) is 4.72 Å². The van der Waals surface area contributed by atoms with Crippen molar-refractivity contribution in [3.8, 4) is 0 Å². The molecule has 1 rings (SSSR count). The Balaban J connectivity index is 2.71. The molecule has 0 amide bonds. The quantitative estimate of drug-likeness (QED) is 0.423. The van der Waals surface area contributed by atoms with E-state index in [4.69, 9.17) is 5.11 Å². The second-order valence-electron chi connectivity index (χ2n) is 1.63. The Morgan fingerprint density at radius 3 is 2.50 bits per heavy atom. The van der Waals surface area contributed by atoms with Gasteiger partial charge in [-0.2, -0.15) is 0 Å². The molecule has 1 heterocycles. The van der Waals surface area contributed by atoms with E-state index in [-0.39, 0.29) is 5.75 Å². The molecule has 1 saturated heterocycles. The molecular weight excluding hydrogens is 130 g/mol. The third-order valence-corrected chi connectivity index (χ3v) is 2.11. The first-order chi connectivity index (χ1) is 3.60. The van der Waals surface area contributed by atoms with Crippen LogP contribution in [0.25, 0.3) is 0 Å². The molecule has 0 bridgehead atoms. The van der Waals surface area contributed by atoms with E-state index in [1.54, 1.807) is 0 Å². The number of aliphatic hydroxyl groups excluding tert-OH is 1. The highest BCUT2D eigenvalue weighted by Crippen LogP contribution is 2.02. The first-order valence-electron chi connectivity index (χ1n) is 2.11. The van der Waals surface area contributed by atoms with Crippen LogP contribution in [0.1, 0.15) is 0 Å². The number of rotatable bonds is 0. The van der Waals surface area contributed by atoms with Crippen molar-refractivity contribution in [2.24, 2.45) is 0 Å². The largest absolute Gasteiger partial charge is 0.390 e. The number of nitrogens with one attached hydrogen (secondary N) is 1. The van der Waals surface area contributed by atoms with Gasteiger partial charge in [0.15, 0.2) is 0 Å². The zero-order valence-electron chi connectivity index (χ0n) is 4.03. The minimum absolute atomic E-state index is 0.201. The molecule has 1 atom stereocenters. The fraction of sp³-hybridized carbons (Fsp3) is 0.667. The molecule has 4 nitrogen and oxygen atoms in total. The van der Waals surface area contributed by atoms with Crippen LogP contribution < -0.4 is 4.72 Å². The summed E-state index contributed by atoms with van der Waals surface area (Å²) in [5.74, 6) is -0.201. The molecule has 1 unspecified atom stereocenters. The van der Waals surface area contributed by atoms with Crippen LogP contribution in [-0.2, 0) is 10.0 Å². The van der Waals surface area contributed by atoms with E-state index in [0.717, 1.165) is 6.54 Å². The predicted octanol–water partition coefficient (Wildman–Crippen LogP) is -1.56. The monoisotopic (exact) mass is 136 g/mol. The summed E-state index contributed by atoms with van der Waals surface area (Å²) in [7, 11) is -3.15. The van der Waals surface area contributed by atoms with Crippen LogP contribution in [0.3, 0.4) is 0 Å². The topological polar surface area (TPSA) is 66.4 Å². The summed E-state index contributed by atoms with van der Waals surface area (Å²) in [6.07, 6.45) is -0.833. The van der Waals surface area contributed by atoms with Gasteiger partial charge in [-0.25, -0.2) is 13.1 Å². The Bertz CT molecular complexity index is 173. The average molecular weight is 136 g/mol. The van der Waals surface area contributed by atoms with Crippen molar-refractivity contribution in [1.29, 1.82) is 0 Å². The SMILES string of the molecule is O=S1(=O)CC(O)[CH]N1. The predicted molar refractivity (Wildman–Crippen MR) is 27.2 cm³/mol. The molecule has 5 heteroatoms. The maximum absolute atomic E-state index is 10.3. The van der Waals surface area contributed by atoms with Gasteiger partial charge in [0, 0.05) is 0 Å². The Morgan fingerprint density at radius 2 is 2.38 bits per heavy atom. The molecule has 0 aromatic heterocycles. The smallest absolute Gasteiger partial charge is 0.214 e. The van der Waals surface area contributed by atoms with Gasteiger partial charge in [0.2, 0.25) is 10.0 Å². The van der Waals surface area contributed by atoms with Gasteiger partial charge in [0.25, 0.3) is 0 Å². The van der Waals surface area contributed by atoms with E-state index in [2.05, 4.69) is 0 Å². The third kappa shape index (κ3) is 1.18. The van der Waals surface area contributed by atoms with Crippen molar-refractivity contribution in [2.45, 2.75) is 6.10 Å². The van der Waals surface area contributed by atoms with Gasteiger partial charge in [0.05, 0.1) is 18.4 Å². The maximum atomic E-state index is 10.3. The van der Waals surface area contributed by atoms with Gasteiger partial charge < -0.3 is 5.11 Å². The summed E-state index contributed by atoms with van der Waals surface area (Å²) >= 11 is 0. The Hall–Kier alpha value is -0.130. The number of aliphatic hydroxyl groups is 1. The van der Waals surface area contributed by atoms with Crippen LogP contribution >= 0.6 is 0 Å². The average Bonchev–Trinajstić information content (AvgIpc) is 1.82. The summed E-state index contributed by atoms with van der Waals surface area (Å²) in [5, 5.41) is 8.57. The number of hydrogen-bond donors (Lipinski definition) is 2. The van der Waals surface area contributed by atoms with Gasteiger partial charge in [-0.15, -0.1) is 0 Å². The molecular formula is C3H6NO3S. The second-order valence-corrected chi connectivity index (χ2v) is 3.43. The lowest BCUT2D eigenvalue weighted by Gasteiger charge is -1.87. The zero-order chi connectivity index (χ0) is 6.20. The summed E-state index contributed by atoms with van der Waals surface area (Å²) in [5.41, 5.74) is 0. The summed E-state index contributed by atoms with van der Waals surface area (Å²) in [6.45, 7) is 1.15. The molecule has 1 aliphatic heterocycles. The maximum Gasteiger partial charge on any atom is 0.214 e. The first kappa shape index (κ1) is 6.00. The van der Waals surface area contributed by atoms with Crippen LogP contribution in [0.15, 0.2) is 0 Å². The van der Waals surface area contributed by atoms with E-state index < -0.39 is 16.1 Å². The molecule has 0 aromatic rings. The lowest BCUT2D eigenvalue weighted by molar-refractivity contribution is 0.233. The van der Waals surface area contributed by atoms with Crippen molar-refractivity contribution in [2.75, 3.05) is 5.75 Å². The van der Waals surface area contributed by atoms with Crippen molar-refractivity contribution in [3.05, 3.63) is 6.54 Å². The van der Waals surface area contributed by atoms with E-state index >= 15 is 0 Å². The highest BCUT2D eigenvalue weighted by atomic mass is 32.2. The zero-order valence-corrected chi connectivity index (χ0v) is 4.85. The lowest BCUT2D eigenvalue weighted by Crippen LogP contribution is -2.13. The Kier molecular flexibility index (Phi) is 1.26. The van der Waals surface area contributed by atoms with Crippen LogP contribution in [0.5, 0.6) is 0 Å². The lowest BCUT2D eigenvalue weighted by atomic mass is 10.4. The Morgan fingerprint density at radius 1 is 1.75 bits per heavy atom. The fourth-order valence-electron chi connectivity index (χ4n) is 0.503. The molecule has 0 aliphatic carbocycles. The highest BCUT2D eigenvalue weighted by molar-refractivity contribution is 7.89. The molecule has 47 valence electrons. The van der Waals surface area contributed by atoms with E-state index in [9.17, 15) is 8.42 Å². The molecule has 0 saturated carbocycles. The van der Waals surface area contributed by atoms with Gasteiger partial charge in [-0.05, 0) is 0 Å². The first-order valence-corrected chi connectivity index (χ1v) is 3.77. The molecule has 2 N–H and O–H groups in total. The molecule has 0 spiro atoms. The van der Waals surface area contributed by atoms with Crippen LogP contribution in [0, 0.1) is 6.54 Å². The van der Waals surface area contributed by atoms with Crippen molar-refractivity contribution in [3.63, 3.8) is 0 Å². The number of hydrogen-bond acceptors (Lipinski definition) is 3. The molecule has 1 aliphatic rings. The number of sulfonamides is 1. The third-order valence-electron chi connectivity index (χ3n) is 0.830. The van der Waals surface area contributed by atoms with Crippen molar-refractivity contribution >= 4 is 10.0 Å². The summed E-state index contributed by atoms with van der Waals surface area (Å²) < 4.78 is 22.7. The normalized spacial score (nSPS) is 35.4. The standard InChI is InChI=1S/C3H6NO3S/c5-3-1-4-8(6,7)2-3/h1,3-5H,2H2. The van der Waals surface area contributed by atoms with E-state index in [0.29, 0.717) is 0 Å². The fourth-order valence-corrected chi connectivity index (χ4v) is 1.51.